The number of hydrogen-bond donors (Lipinski definition) is 3. The normalized spacial score (nSPS) is 20.8. The van der Waals surface area contributed by atoms with Crippen molar-refractivity contribution in [3.63, 3.8) is 0 Å². The molecule has 0 bridgehead atoms. The highest BCUT2D eigenvalue weighted by Crippen LogP contribution is 2.46. The molecule has 1 unspecified atom stereocenters. The van der Waals surface area contributed by atoms with E-state index in [1.54, 1.807) is 43.0 Å². The van der Waals surface area contributed by atoms with Crippen LogP contribution >= 0.6 is 11.6 Å². The summed E-state index contributed by atoms with van der Waals surface area (Å²) in [6, 6.07) is 11.8. The summed E-state index contributed by atoms with van der Waals surface area (Å²) in [5.41, 5.74) is -0.966. The second kappa shape index (κ2) is 11.0. The molecule has 3 amide bonds. The number of amides is 3. The topological polar surface area (TPSA) is 133 Å². The molecule has 206 valence electrons. The fraction of sp³-hybridized carbons (Fsp3) is 0.444. The van der Waals surface area contributed by atoms with E-state index in [9.17, 15) is 27.9 Å². The number of nitrogens with one attached hydrogen (secondary N) is 2. The van der Waals surface area contributed by atoms with Crippen LogP contribution in [0.2, 0.25) is 5.02 Å². The minimum absolute atomic E-state index is 0.0788. The van der Waals surface area contributed by atoms with E-state index in [0.717, 1.165) is 12.5 Å². The van der Waals surface area contributed by atoms with Gasteiger partial charge in [-0.05, 0) is 49.2 Å². The second-order valence-electron chi connectivity index (χ2n) is 10.5. The summed E-state index contributed by atoms with van der Waals surface area (Å²) in [4.78, 5) is 38.9. The van der Waals surface area contributed by atoms with Gasteiger partial charge in [-0.3, -0.25) is 14.4 Å². The molecular weight excluding hydrogens is 530 g/mol. The molecule has 0 spiro atoms. The number of rotatable bonds is 7. The zero-order valence-corrected chi connectivity index (χ0v) is 23.7. The maximum Gasteiger partial charge on any atom is 0.264 e. The van der Waals surface area contributed by atoms with Gasteiger partial charge in [0, 0.05) is 42.1 Å². The van der Waals surface area contributed by atoms with Crippen molar-refractivity contribution in [2.75, 3.05) is 13.1 Å². The molecule has 2 aromatic carbocycles. The second-order valence-corrected chi connectivity index (χ2v) is 12.6. The lowest BCUT2D eigenvalue weighted by Crippen LogP contribution is -2.58. The standard InChI is InChI=1S/C27H34ClN3O6S/c1-17(18(2)29-24(33)20-7-6-8-23(15-20)38(36,37)30-19(3)32)25(34)31-14-13-27(35,26(4,5)16-31)21-9-11-22(28)12-10-21/h6-12,15,17-18,35H,13-14,16H2,1-5H3,(H,29,33)(H,30,32)/t17-,18?,27+/m1/s1. The first kappa shape index (κ1) is 29.6. The quantitative estimate of drug-likeness (QED) is 0.474. The molecule has 0 radical (unpaired) electrons. The van der Waals surface area contributed by atoms with E-state index in [1.807, 2.05) is 18.6 Å². The van der Waals surface area contributed by atoms with Crippen molar-refractivity contribution in [3.8, 4) is 0 Å². The Bertz CT molecular complexity index is 1330. The van der Waals surface area contributed by atoms with Crippen LogP contribution in [0.1, 0.15) is 57.0 Å². The zero-order valence-electron chi connectivity index (χ0n) is 22.1. The van der Waals surface area contributed by atoms with Crippen LogP contribution in [0.4, 0.5) is 0 Å². The van der Waals surface area contributed by atoms with Crippen LogP contribution in [0.15, 0.2) is 53.4 Å². The Morgan fingerprint density at radius 2 is 1.71 bits per heavy atom. The van der Waals surface area contributed by atoms with Crippen molar-refractivity contribution in [1.82, 2.24) is 14.9 Å². The monoisotopic (exact) mass is 563 g/mol. The Kier molecular flexibility index (Phi) is 8.60. The van der Waals surface area contributed by atoms with Crippen LogP contribution in [0.5, 0.6) is 0 Å². The summed E-state index contributed by atoms with van der Waals surface area (Å²) >= 11 is 6.01. The van der Waals surface area contributed by atoms with Gasteiger partial charge in [-0.15, -0.1) is 0 Å². The Hall–Kier alpha value is -2.95. The highest BCUT2D eigenvalue weighted by Gasteiger charge is 2.50. The summed E-state index contributed by atoms with van der Waals surface area (Å²) in [7, 11) is -4.10. The largest absolute Gasteiger partial charge is 0.384 e. The Labute approximate surface area is 228 Å². The van der Waals surface area contributed by atoms with E-state index in [-0.39, 0.29) is 16.4 Å². The molecule has 1 aliphatic heterocycles. The SMILES string of the molecule is CC(=O)NS(=O)(=O)c1cccc(C(=O)NC(C)[C@@H](C)C(=O)N2CC[C@](O)(c3ccc(Cl)cc3)C(C)(C)C2)c1. The van der Waals surface area contributed by atoms with Crippen LogP contribution < -0.4 is 10.0 Å². The molecule has 0 saturated carbocycles. The van der Waals surface area contributed by atoms with Crippen molar-refractivity contribution in [2.24, 2.45) is 11.3 Å². The molecule has 11 heteroatoms. The zero-order chi connectivity index (χ0) is 28.5. The van der Waals surface area contributed by atoms with Crippen LogP contribution in [0.3, 0.4) is 0 Å². The Morgan fingerprint density at radius 3 is 2.29 bits per heavy atom. The lowest BCUT2D eigenvalue weighted by Gasteiger charge is -2.51. The summed E-state index contributed by atoms with van der Waals surface area (Å²) in [6.07, 6.45) is 0.344. The number of aliphatic hydroxyl groups is 1. The van der Waals surface area contributed by atoms with E-state index >= 15 is 0 Å². The predicted molar refractivity (Wildman–Crippen MR) is 144 cm³/mol. The van der Waals surface area contributed by atoms with Gasteiger partial charge in [0.1, 0.15) is 0 Å². The highest BCUT2D eigenvalue weighted by molar-refractivity contribution is 7.90. The van der Waals surface area contributed by atoms with Crippen molar-refractivity contribution in [1.29, 1.82) is 0 Å². The van der Waals surface area contributed by atoms with E-state index in [2.05, 4.69) is 5.32 Å². The van der Waals surface area contributed by atoms with Gasteiger partial charge < -0.3 is 15.3 Å². The maximum atomic E-state index is 13.4. The average Bonchev–Trinajstić information content (AvgIpc) is 2.84. The maximum absolute atomic E-state index is 13.4. The number of nitrogens with zero attached hydrogens (tertiary/aromatic N) is 1. The van der Waals surface area contributed by atoms with Gasteiger partial charge in [0.25, 0.3) is 15.9 Å². The van der Waals surface area contributed by atoms with Gasteiger partial charge in [0.05, 0.1) is 16.4 Å². The number of sulfonamides is 1. The third-order valence-electron chi connectivity index (χ3n) is 7.27. The first-order chi connectivity index (χ1) is 17.6. The molecular formula is C27H34ClN3O6S. The lowest BCUT2D eigenvalue weighted by molar-refractivity contribution is -0.156. The van der Waals surface area contributed by atoms with Crippen molar-refractivity contribution >= 4 is 39.3 Å². The smallest absolute Gasteiger partial charge is 0.264 e. The first-order valence-corrected chi connectivity index (χ1v) is 14.1. The molecule has 0 aliphatic carbocycles. The highest BCUT2D eigenvalue weighted by atomic mass is 35.5. The van der Waals surface area contributed by atoms with Gasteiger partial charge in [-0.1, -0.05) is 50.6 Å². The molecule has 0 aromatic heterocycles. The van der Waals surface area contributed by atoms with Gasteiger partial charge in [-0.2, -0.15) is 0 Å². The molecule has 1 heterocycles. The molecule has 1 aliphatic rings. The minimum atomic E-state index is -4.10. The number of benzene rings is 2. The molecule has 1 fully saturated rings. The Morgan fingerprint density at radius 1 is 1.08 bits per heavy atom. The van der Waals surface area contributed by atoms with Crippen molar-refractivity contribution in [3.05, 3.63) is 64.7 Å². The third-order valence-corrected chi connectivity index (χ3v) is 8.95. The third kappa shape index (κ3) is 6.19. The van der Waals surface area contributed by atoms with E-state index in [0.29, 0.717) is 24.5 Å². The molecule has 1 saturated heterocycles. The first-order valence-electron chi connectivity index (χ1n) is 12.3. The van der Waals surface area contributed by atoms with Crippen LogP contribution in [0.25, 0.3) is 0 Å². The van der Waals surface area contributed by atoms with Crippen molar-refractivity contribution < 1.29 is 27.9 Å². The molecule has 9 nitrogen and oxygen atoms in total. The predicted octanol–water partition coefficient (Wildman–Crippen LogP) is 3.07. The summed E-state index contributed by atoms with van der Waals surface area (Å²) in [5, 5.41) is 14.9. The van der Waals surface area contributed by atoms with Gasteiger partial charge >= 0.3 is 0 Å². The van der Waals surface area contributed by atoms with Gasteiger partial charge in [0.15, 0.2) is 0 Å². The fourth-order valence-electron chi connectivity index (χ4n) is 4.74. The Balaban J connectivity index is 1.68. The van der Waals surface area contributed by atoms with E-state index in [4.69, 9.17) is 11.6 Å². The number of carbonyl (C=O) groups excluding carboxylic acids is 3. The molecule has 3 atom stereocenters. The van der Waals surface area contributed by atoms with Gasteiger partial charge in [0.2, 0.25) is 11.8 Å². The van der Waals surface area contributed by atoms with Gasteiger partial charge in [-0.25, -0.2) is 13.1 Å². The molecule has 2 aromatic rings. The number of hydrogen-bond acceptors (Lipinski definition) is 6. The lowest BCUT2D eigenvalue weighted by atomic mass is 9.66. The summed E-state index contributed by atoms with van der Waals surface area (Å²) in [5.74, 6) is -2.03. The molecule has 3 rings (SSSR count). The number of carbonyl (C=O) groups is 3. The molecule has 38 heavy (non-hydrogen) atoms. The van der Waals surface area contributed by atoms with Crippen molar-refractivity contribution in [2.45, 2.75) is 57.6 Å². The fourth-order valence-corrected chi connectivity index (χ4v) is 5.90. The summed E-state index contributed by atoms with van der Waals surface area (Å²) in [6.45, 7) is 9.00. The number of piperidine rings is 1. The number of halogens is 1. The van der Waals surface area contributed by atoms with Crippen LogP contribution in [0, 0.1) is 11.3 Å². The summed E-state index contributed by atoms with van der Waals surface area (Å²) < 4.78 is 26.4. The minimum Gasteiger partial charge on any atom is -0.384 e. The average molecular weight is 564 g/mol. The van der Waals surface area contributed by atoms with Crippen LogP contribution in [-0.4, -0.2) is 55.3 Å². The number of likely N-dealkylation sites (tertiary alicyclic amines) is 1. The van der Waals surface area contributed by atoms with E-state index in [1.165, 1.54) is 24.3 Å². The molecule has 3 N–H and O–H groups in total. The van der Waals surface area contributed by atoms with E-state index < -0.39 is 44.8 Å². The van der Waals surface area contributed by atoms with Crippen LogP contribution in [-0.2, 0) is 25.2 Å².